The number of benzene rings is 3. The molecule has 33 heavy (non-hydrogen) atoms. The molecule has 0 aliphatic rings. The Labute approximate surface area is 209 Å². The summed E-state index contributed by atoms with van der Waals surface area (Å²) in [6.45, 7) is 2.12. The lowest BCUT2D eigenvalue weighted by Crippen LogP contribution is -2.41. The third kappa shape index (κ3) is 6.90. The number of amides is 1. The number of carbonyl (C=O) groups excluding carboxylic acids is 1. The molecule has 0 fully saturated rings. The van der Waals surface area contributed by atoms with Gasteiger partial charge in [-0.05, 0) is 48.4 Å². The van der Waals surface area contributed by atoms with Crippen molar-refractivity contribution in [3.63, 3.8) is 0 Å². The first-order valence-electron chi connectivity index (χ1n) is 10.2. The van der Waals surface area contributed by atoms with E-state index in [0.717, 1.165) is 10.1 Å². The predicted octanol–water partition coefficient (Wildman–Crippen LogP) is 5.55. The first-order valence-corrected chi connectivity index (χ1v) is 13.6. The van der Waals surface area contributed by atoms with Crippen LogP contribution in [0.15, 0.2) is 77.7 Å². The monoisotopic (exact) mass is 522 g/mol. The lowest BCUT2D eigenvalue weighted by molar-refractivity contribution is -0.119. The molecule has 0 radical (unpaired) electrons. The molecular formula is C24H24Cl2N2O3S2. The maximum Gasteiger partial charge on any atom is 0.264 e. The summed E-state index contributed by atoms with van der Waals surface area (Å²) in [7, 11) is -3.99. The molecule has 3 aromatic rings. The summed E-state index contributed by atoms with van der Waals surface area (Å²) in [6, 6.07) is 20.6. The molecule has 1 amide bonds. The number of sulfonamides is 1. The van der Waals surface area contributed by atoms with E-state index in [1.54, 1.807) is 30.0 Å². The Hall–Kier alpha value is -2.19. The van der Waals surface area contributed by atoms with Gasteiger partial charge >= 0.3 is 0 Å². The average molecular weight is 524 g/mol. The van der Waals surface area contributed by atoms with Crippen molar-refractivity contribution in [2.24, 2.45) is 0 Å². The zero-order valence-electron chi connectivity index (χ0n) is 18.0. The smallest absolute Gasteiger partial charge is 0.264 e. The highest BCUT2D eigenvalue weighted by Gasteiger charge is 2.27. The van der Waals surface area contributed by atoms with E-state index in [9.17, 15) is 13.2 Å². The Morgan fingerprint density at radius 3 is 2.36 bits per heavy atom. The van der Waals surface area contributed by atoms with Crippen molar-refractivity contribution in [2.45, 2.75) is 17.6 Å². The maximum absolute atomic E-state index is 13.3. The Balaban J connectivity index is 1.66. The average Bonchev–Trinajstić information content (AvgIpc) is 2.81. The van der Waals surface area contributed by atoms with Gasteiger partial charge in [-0.3, -0.25) is 9.10 Å². The second kappa shape index (κ2) is 11.8. The fourth-order valence-electron chi connectivity index (χ4n) is 3.08. The summed E-state index contributed by atoms with van der Waals surface area (Å²) >= 11 is 13.8. The molecule has 5 nitrogen and oxygen atoms in total. The normalized spacial score (nSPS) is 11.2. The number of thioether (sulfide) groups is 1. The molecule has 0 unspecified atom stereocenters. The molecular weight excluding hydrogens is 499 g/mol. The summed E-state index contributed by atoms with van der Waals surface area (Å²) in [5.41, 5.74) is 2.75. The van der Waals surface area contributed by atoms with Crippen LogP contribution in [0.1, 0.15) is 11.1 Å². The number of rotatable bonds is 10. The van der Waals surface area contributed by atoms with E-state index in [1.807, 2.05) is 12.1 Å². The number of anilines is 1. The van der Waals surface area contributed by atoms with Crippen molar-refractivity contribution in [3.8, 4) is 0 Å². The number of aryl methyl sites for hydroxylation is 1. The molecule has 0 aromatic heterocycles. The van der Waals surface area contributed by atoms with Crippen molar-refractivity contribution in [1.29, 1.82) is 0 Å². The number of nitrogens with zero attached hydrogens (tertiary/aromatic N) is 1. The fourth-order valence-corrected chi connectivity index (χ4v) is 5.74. The summed E-state index contributed by atoms with van der Waals surface area (Å²) in [4.78, 5) is 12.7. The van der Waals surface area contributed by atoms with Crippen molar-refractivity contribution >= 4 is 56.6 Å². The highest BCUT2D eigenvalue weighted by atomic mass is 35.5. The topological polar surface area (TPSA) is 66.5 Å². The molecule has 0 saturated carbocycles. The van der Waals surface area contributed by atoms with Crippen LogP contribution in [0.5, 0.6) is 0 Å². The molecule has 0 atom stereocenters. The minimum Gasteiger partial charge on any atom is -0.354 e. The van der Waals surface area contributed by atoms with Gasteiger partial charge in [0, 0.05) is 18.1 Å². The van der Waals surface area contributed by atoms with Crippen LogP contribution in [0.2, 0.25) is 10.0 Å². The van der Waals surface area contributed by atoms with Gasteiger partial charge in [0.05, 0.1) is 20.6 Å². The molecule has 0 bridgehead atoms. The minimum atomic E-state index is -3.99. The molecule has 0 aliphatic heterocycles. The number of hydrogen-bond acceptors (Lipinski definition) is 4. The lowest BCUT2D eigenvalue weighted by Gasteiger charge is -2.24. The Morgan fingerprint density at radius 2 is 1.67 bits per heavy atom. The van der Waals surface area contributed by atoms with Gasteiger partial charge in [-0.2, -0.15) is 11.8 Å². The van der Waals surface area contributed by atoms with Gasteiger partial charge in [0.15, 0.2) is 0 Å². The van der Waals surface area contributed by atoms with Crippen LogP contribution >= 0.6 is 35.0 Å². The molecule has 0 aliphatic carbocycles. The highest BCUT2D eigenvalue weighted by molar-refractivity contribution is 7.98. The number of nitrogens with one attached hydrogen (secondary N) is 1. The van der Waals surface area contributed by atoms with E-state index in [-0.39, 0.29) is 22.2 Å². The largest absolute Gasteiger partial charge is 0.354 e. The van der Waals surface area contributed by atoms with Gasteiger partial charge in [-0.15, -0.1) is 0 Å². The molecule has 3 aromatic carbocycles. The Bertz CT molecular complexity index is 1210. The zero-order chi connectivity index (χ0) is 23.8. The van der Waals surface area contributed by atoms with E-state index in [1.165, 1.54) is 41.5 Å². The molecule has 0 spiro atoms. The number of halogens is 2. The SMILES string of the molecule is Cc1ccccc1CSCCNC(=O)CN(c1ccc(Cl)c(Cl)c1)S(=O)(=O)c1ccccc1. The van der Waals surface area contributed by atoms with Crippen LogP contribution in [0.4, 0.5) is 5.69 Å². The molecule has 174 valence electrons. The van der Waals surface area contributed by atoms with Crippen LogP contribution in [-0.2, 0) is 20.6 Å². The minimum absolute atomic E-state index is 0.0812. The van der Waals surface area contributed by atoms with E-state index in [2.05, 4.69) is 24.4 Å². The highest BCUT2D eigenvalue weighted by Crippen LogP contribution is 2.30. The van der Waals surface area contributed by atoms with Crippen molar-refractivity contribution in [3.05, 3.63) is 94.0 Å². The van der Waals surface area contributed by atoms with Gasteiger partial charge < -0.3 is 5.32 Å². The molecule has 3 rings (SSSR count). The van der Waals surface area contributed by atoms with E-state index < -0.39 is 15.9 Å². The summed E-state index contributed by atoms with van der Waals surface area (Å²) in [5, 5.41) is 3.31. The summed E-state index contributed by atoms with van der Waals surface area (Å²) < 4.78 is 27.6. The van der Waals surface area contributed by atoms with Crippen LogP contribution in [0, 0.1) is 6.92 Å². The van der Waals surface area contributed by atoms with E-state index in [0.29, 0.717) is 17.3 Å². The fraction of sp³-hybridized carbons (Fsp3) is 0.208. The zero-order valence-corrected chi connectivity index (χ0v) is 21.1. The number of hydrogen-bond donors (Lipinski definition) is 1. The van der Waals surface area contributed by atoms with Gasteiger partial charge in [0.25, 0.3) is 10.0 Å². The Kier molecular flexibility index (Phi) is 9.09. The molecule has 0 saturated heterocycles. The van der Waals surface area contributed by atoms with E-state index >= 15 is 0 Å². The van der Waals surface area contributed by atoms with Crippen LogP contribution in [-0.4, -0.2) is 33.2 Å². The first kappa shape index (κ1) is 25.4. The van der Waals surface area contributed by atoms with E-state index in [4.69, 9.17) is 23.2 Å². The quantitative estimate of drug-likeness (QED) is 0.354. The second-order valence-corrected chi connectivity index (χ2v) is 11.0. The summed E-state index contributed by atoms with van der Waals surface area (Å²) in [6.07, 6.45) is 0. The second-order valence-electron chi connectivity index (χ2n) is 7.25. The van der Waals surface area contributed by atoms with Gasteiger partial charge in [0.1, 0.15) is 6.54 Å². The predicted molar refractivity (Wildman–Crippen MR) is 138 cm³/mol. The van der Waals surface area contributed by atoms with Crippen LogP contribution in [0.25, 0.3) is 0 Å². The van der Waals surface area contributed by atoms with Crippen LogP contribution in [0.3, 0.4) is 0 Å². The van der Waals surface area contributed by atoms with Crippen molar-refractivity contribution < 1.29 is 13.2 Å². The number of carbonyl (C=O) groups is 1. The van der Waals surface area contributed by atoms with Crippen molar-refractivity contribution in [1.82, 2.24) is 5.32 Å². The van der Waals surface area contributed by atoms with Gasteiger partial charge in [-0.25, -0.2) is 8.42 Å². The standard InChI is InChI=1S/C24H24Cl2N2O3S2/c1-18-7-5-6-8-19(18)17-32-14-13-27-24(29)16-28(20-11-12-22(25)23(26)15-20)33(30,31)21-9-3-2-4-10-21/h2-12,15H,13-14,16-17H2,1H3,(H,27,29). The van der Waals surface area contributed by atoms with Crippen molar-refractivity contribution in [2.75, 3.05) is 23.1 Å². The molecule has 1 N–H and O–H groups in total. The maximum atomic E-state index is 13.3. The first-order chi connectivity index (χ1) is 15.8. The summed E-state index contributed by atoms with van der Waals surface area (Å²) in [5.74, 6) is 1.15. The third-order valence-electron chi connectivity index (χ3n) is 4.90. The van der Waals surface area contributed by atoms with Crippen LogP contribution < -0.4 is 9.62 Å². The third-order valence-corrected chi connectivity index (χ3v) is 8.43. The van der Waals surface area contributed by atoms with Gasteiger partial charge in [0.2, 0.25) is 5.91 Å². The molecule has 9 heteroatoms. The van der Waals surface area contributed by atoms with Gasteiger partial charge in [-0.1, -0.05) is 65.7 Å². The Morgan fingerprint density at radius 1 is 0.970 bits per heavy atom. The lowest BCUT2D eigenvalue weighted by atomic mass is 10.1. The molecule has 0 heterocycles.